The van der Waals surface area contributed by atoms with Crippen LogP contribution in [0.15, 0.2) is 41.1 Å². The molecule has 0 fully saturated rings. The van der Waals surface area contributed by atoms with Crippen molar-refractivity contribution in [2.45, 2.75) is 6.54 Å². The lowest BCUT2D eigenvalue weighted by Gasteiger charge is -2.09. The maximum atomic E-state index is 11.7. The van der Waals surface area contributed by atoms with E-state index in [1.807, 2.05) is 0 Å². The number of nitrogens with zero attached hydrogens (tertiary/aromatic N) is 1. The van der Waals surface area contributed by atoms with E-state index in [1.165, 1.54) is 6.26 Å². The third kappa shape index (κ3) is 4.25. The summed E-state index contributed by atoms with van der Waals surface area (Å²) in [6.45, 7) is 0.106. The fraction of sp³-hybridized carbons (Fsp3) is 0.250. The van der Waals surface area contributed by atoms with Crippen molar-refractivity contribution in [3.8, 4) is 5.75 Å². The minimum atomic E-state index is -3.44. The number of hydrogen-bond acceptors (Lipinski definition) is 6. The van der Waals surface area contributed by atoms with Crippen LogP contribution in [-0.4, -0.2) is 25.9 Å². The van der Waals surface area contributed by atoms with Gasteiger partial charge in [-0.25, -0.2) is 13.1 Å². The summed E-state index contributed by atoms with van der Waals surface area (Å²) in [6.07, 6.45) is 1.38. The van der Waals surface area contributed by atoms with Crippen LogP contribution in [-0.2, 0) is 16.6 Å². The summed E-state index contributed by atoms with van der Waals surface area (Å²) in [4.78, 5) is 0. The second-order valence-electron chi connectivity index (χ2n) is 4.02. The van der Waals surface area contributed by atoms with Crippen molar-refractivity contribution >= 4 is 15.7 Å². The molecule has 3 N–H and O–H groups in total. The Bertz CT molecular complexity index is 640. The smallest absolute Gasteiger partial charge is 0.215 e. The first-order valence-electron chi connectivity index (χ1n) is 5.91. The summed E-state index contributed by atoms with van der Waals surface area (Å²) in [5.74, 6) is 0.304. The highest BCUT2D eigenvalue weighted by Crippen LogP contribution is 2.19. The normalized spacial score (nSPS) is 11.4. The van der Waals surface area contributed by atoms with E-state index >= 15 is 0 Å². The number of rotatable bonds is 7. The Morgan fingerprint density at radius 2 is 2.10 bits per heavy atom. The maximum absolute atomic E-state index is 11.7. The number of aromatic nitrogens is 1. The molecule has 1 heterocycles. The largest absolute Gasteiger partial charge is 0.490 e. The summed E-state index contributed by atoms with van der Waals surface area (Å²) >= 11 is 0. The van der Waals surface area contributed by atoms with E-state index in [0.29, 0.717) is 17.1 Å². The van der Waals surface area contributed by atoms with Gasteiger partial charge in [0.05, 0.1) is 23.7 Å². The zero-order chi connectivity index (χ0) is 14.4. The van der Waals surface area contributed by atoms with Crippen LogP contribution < -0.4 is 15.2 Å². The molecule has 7 nitrogen and oxygen atoms in total. The number of benzene rings is 1. The van der Waals surface area contributed by atoms with Crippen LogP contribution in [0, 0.1) is 0 Å². The van der Waals surface area contributed by atoms with Crippen molar-refractivity contribution in [3.05, 3.63) is 42.3 Å². The van der Waals surface area contributed by atoms with Gasteiger partial charge in [0, 0.05) is 6.07 Å². The molecule has 20 heavy (non-hydrogen) atoms. The molecule has 0 atom stereocenters. The summed E-state index contributed by atoms with van der Waals surface area (Å²) in [6, 6.07) is 8.50. The van der Waals surface area contributed by atoms with E-state index in [9.17, 15) is 8.42 Å². The van der Waals surface area contributed by atoms with E-state index in [-0.39, 0.29) is 18.9 Å². The van der Waals surface area contributed by atoms with Gasteiger partial charge in [0.2, 0.25) is 10.0 Å². The highest BCUT2D eigenvalue weighted by molar-refractivity contribution is 7.89. The molecule has 0 saturated carbocycles. The summed E-state index contributed by atoms with van der Waals surface area (Å²) in [5, 5.41) is 3.61. The van der Waals surface area contributed by atoms with E-state index in [1.54, 1.807) is 30.3 Å². The molecule has 8 heteroatoms. The SMILES string of the molecule is Nc1ccccc1OCCS(=O)(=O)NCc1ccon1. The molecule has 108 valence electrons. The first kappa shape index (κ1) is 14.4. The summed E-state index contributed by atoms with van der Waals surface area (Å²) in [7, 11) is -3.44. The Morgan fingerprint density at radius 1 is 1.30 bits per heavy atom. The molecule has 0 radical (unpaired) electrons. The zero-order valence-electron chi connectivity index (χ0n) is 10.7. The molecule has 0 aliphatic heterocycles. The lowest BCUT2D eigenvalue weighted by molar-refractivity contribution is 0.342. The van der Waals surface area contributed by atoms with Gasteiger partial charge in [-0.05, 0) is 12.1 Å². The van der Waals surface area contributed by atoms with E-state index < -0.39 is 10.0 Å². The maximum Gasteiger partial charge on any atom is 0.215 e. The van der Waals surface area contributed by atoms with E-state index in [4.69, 9.17) is 10.5 Å². The van der Waals surface area contributed by atoms with Gasteiger partial charge in [-0.2, -0.15) is 0 Å². The third-order valence-electron chi connectivity index (χ3n) is 2.49. The van der Waals surface area contributed by atoms with Gasteiger partial charge in [-0.15, -0.1) is 0 Å². The quantitative estimate of drug-likeness (QED) is 0.730. The van der Waals surface area contributed by atoms with Gasteiger partial charge >= 0.3 is 0 Å². The Morgan fingerprint density at radius 3 is 2.80 bits per heavy atom. The highest BCUT2D eigenvalue weighted by Gasteiger charge is 2.11. The second-order valence-corrected chi connectivity index (χ2v) is 5.94. The van der Waals surface area contributed by atoms with Crippen LogP contribution in [0.2, 0.25) is 0 Å². The molecule has 0 bridgehead atoms. The van der Waals surface area contributed by atoms with Gasteiger partial charge in [0.15, 0.2) is 0 Å². The number of nitrogens with one attached hydrogen (secondary N) is 1. The Balaban J connectivity index is 1.79. The van der Waals surface area contributed by atoms with Crippen LogP contribution >= 0.6 is 0 Å². The molecule has 0 unspecified atom stereocenters. The molecular weight excluding hydrogens is 282 g/mol. The van der Waals surface area contributed by atoms with Crippen LogP contribution in [0.3, 0.4) is 0 Å². The van der Waals surface area contributed by atoms with Gasteiger partial charge in [-0.3, -0.25) is 0 Å². The van der Waals surface area contributed by atoms with Crippen LogP contribution in [0.4, 0.5) is 5.69 Å². The van der Waals surface area contributed by atoms with E-state index in [2.05, 4.69) is 14.4 Å². The third-order valence-corrected chi connectivity index (χ3v) is 3.78. The predicted molar refractivity (Wildman–Crippen MR) is 73.5 cm³/mol. The van der Waals surface area contributed by atoms with Crippen molar-refractivity contribution in [1.82, 2.24) is 9.88 Å². The lowest BCUT2D eigenvalue weighted by atomic mass is 10.3. The number of hydrogen-bond donors (Lipinski definition) is 2. The molecule has 0 saturated heterocycles. The number of nitrogens with two attached hydrogens (primary N) is 1. The molecule has 0 aliphatic rings. The Labute approximate surface area is 116 Å². The number of nitrogen functional groups attached to an aromatic ring is 1. The number of ether oxygens (including phenoxy) is 1. The van der Waals surface area contributed by atoms with Gasteiger partial charge in [-0.1, -0.05) is 17.3 Å². The molecule has 2 aromatic rings. The Kier molecular flexibility index (Phi) is 4.59. The second kappa shape index (κ2) is 6.40. The van der Waals surface area contributed by atoms with Crippen molar-refractivity contribution in [2.24, 2.45) is 0 Å². The molecule has 2 rings (SSSR count). The van der Waals surface area contributed by atoms with Crippen LogP contribution in [0.1, 0.15) is 5.69 Å². The first-order chi connectivity index (χ1) is 9.57. The summed E-state index contributed by atoms with van der Waals surface area (Å²) in [5.41, 5.74) is 6.67. The van der Waals surface area contributed by atoms with Gasteiger partial charge < -0.3 is 15.0 Å². The van der Waals surface area contributed by atoms with Crippen molar-refractivity contribution < 1.29 is 17.7 Å². The number of anilines is 1. The standard InChI is InChI=1S/C12H15N3O4S/c13-11-3-1-2-4-12(11)18-7-8-20(16,17)14-9-10-5-6-19-15-10/h1-6,14H,7-9,13H2. The molecular formula is C12H15N3O4S. The Hall–Kier alpha value is -2.06. The van der Waals surface area contributed by atoms with E-state index in [0.717, 1.165) is 0 Å². The molecule has 0 spiro atoms. The fourth-order valence-electron chi connectivity index (χ4n) is 1.46. The lowest BCUT2D eigenvalue weighted by Crippen LogP contribution is -2.28. The monoisotopic (exact) mass is 297 g/mol. The first-order valence-corrected chi connectivity index (χ1v) is 7.56. The number of sulfonamides is 1. The topological polar surface area (TPSA) is 107 Å². The van der Waals surface area contributed by atoms with Crippen molar-refractivity contribution in [2.75, 3.05) is 18.1 Å². The summed E-state index contributed by atoms with van der Waals surface area (Å²) < 4.78 is 35.8. The average Bonchev–Trinajstić information content (AvgIpc) is 2.92. The van der Waals surface area contributed by atoms with Gasteiger partial charge in [0.25, 0.3) is 0 Å². The highest BCUT2D eigenvalue weighted by atomic mass is 32.2. The zero-order valence-corrected chi connectivity index (χ0v) is 11.5. The average molecular weight is 297 g/mol. The van der Waals surface area contributed by atoms with Gasteiger partial charge in [0.1, 0.15) is 18.6 Å². The molecule has 1 aromatic carbocycles. The molecule has 0 amide bonds. The fourth-order valence-corrected chi connectivity index (χ4v) is 2.27. The van der Waals surface area contributed by atoms with Crippen LogP contribution in [0.5, 0.6) is 5.75 Å². The molecule has 0 aliphatic carbocycles. The van der Waals surface area contributed by atoms with Crippen molar-refractivity contribution in [1.29, 1.82) is 0 Å². The minimum Gasteiger partial charge on any atom is -0.490 e. The predicted octanol–water partition coefficient (Wildman–Crippen LogP) is 0.755. The van der Waals surface area contributed by atoms with Crippen molar-refractivity contribution in [3.63, 3.8) is 0 Å². The number of para-hydroxylation sites is 2. The van der Waals surface area contributed by atoms with Crippen LogP contribution in [0.25, 0.3) is 0 Å². The molecule has 1 aromatic heterocycles. The minimum absolute atomic E-state index is 0.0162.